The number of methoxy groups -OCH3 is 1. The molecule has 0 saturated heterocycles. The van der Waals surface area contributed by atoms with E-state index in [4.69, 9.17) is 24.3 Å². The zero-order valence-corrected chi connectivity index (χ0v) is 22.8. The van der Waals surface area contributed by atoms with Crippen LogP contribution in [0, 0.1) is 24.1 Å². The van der Waals surface area contributed by atoms with E-state index in [0.717, 1.165) is 39.9 Å². The van der Waals surface area contributed by atoms with Gasteiger partial charge in [-0.3, -0.25) is 0 Å². The normalized spacial score (nSPS) is 15.4. The number of benzene rings is 2. The maximum Gasteiger partial charge on any atom is 0.198 e. The van der Waals surface area contributed by atoms with Crippen molar-refractivity contribution < 1.29 is 18.6 Å². The van der Waals surface area contributed by atoms with Crippen molar-refractivity contribution >= 4 is 21.8 Å². The molecule has 5 rings (SSSR count). The van der Waals surface area contributed by atoms with E-state index < -0.39 is 6.10 Å². The molecule has 10 heteroatoms. The summed E-state index contributed by atoms with van der Waals surface area (Å²) in [5, 5.41) is 15.3. The third kappa shape index (κ3) is 5.01. The van der Waals surface area contributed by atoms with Gasteiger partial charge in [-0.15, -0.1) is 5.10 Å². The number of ether oxygens (including phenoxy) is 3. The minimum Gasteiger partial charge on any atom is -0.495 e. The molecule has 2 aromatic heterocycles. The van der Waals surface area contributed by atoms with E-state index in [1.54, 1.807) is 19.2 Å². The minimum atomic E-state index is -0.458. The molecule has 0 bridgehead atoms. The van der Waals surface area contributed by atoms with E-state index in [0.29, 0.717) is 49.5 Å². The number of rotatable bonds is 8. The molecule has 4 aromatic rings. The van der Waals surface area contributed by atoms with Crippen LogP contribution in [0.5, 0.6) is 5.75 Å². The lowest BCUT2D eigenvalue weighted by Gasteiger charge is -2.17. The Bertz CT molecular complexity index is 1510. The van der Waals surface area contributed by atoms with Crippen LogP contribution in [0.1, 0.15) is 35.0 Å². The fraction of sp³-hybridized carbons (Fsp3) is 0.393. The van der Waals surface area contributed by atoms with Gasteiger partial charge in [0.2, 0.25) is 0 Å². The lowest BCUT2D eigenvalue weighted by atomic mass is 10.0. The quantitative estimate of drug-likeness (QED) is 0.242. The Balaban J connectivity index is 1.62. The van der Waals surface area contributed by atoms with Gasteiger partial charge in [0.1, 0.15) is 36.2 Å². The summed E-state index contributed by atoms with van der Waals surface area (Å²) < 4.78 is 35.7. The van der Waals surface area contributed by atoms with Crippen molar-refractivity contribution in [2.45, 2.75) is 32.7 Å². The summed E-state index contributed by atoms with van der Waals surface area (Å²) in [6.07, 6.45) is 4.71. The summed E-state index contributed by atoms with van der Waals surface area (Å²) in [7, 11) is 1.85. The van der Waals surface area contributed by atoms with Crippen LogP contribution in [0.3, 0.4) is 0 Å². The SMILES string of the molecule is COc1c(C#N)ccc2c1cc(-c1nc3n(n1)CCCOC3c1ccc(F)cc1C)n2COCC[S+](C)C. The lowest BCUT2D eigenvalue weighted by molar-refractivity contribution is 0.0807. The number of hydrogen-bond donors (Lipinski definition) is 0. The second-order valence-electron chi connectivity index (χ2n) is 9.50. The van der Waals surface area contributed by atoms with Crippen LogP contribution in [0.2, 0.25) is 0 Å². The zero-order valence-electron chi connectivity index (χ0n) is 22.0. The molecule has 8 nitrogen and oxygen atoms in total. The second kappa shape index (κ2) is 11.2. The Hall–Kier alpha value is -3.39. The second-order valence-corrected chi connectivity index (χ2v) is 11.9. The number of nitrogens with zero attached hydrogens (tertiary/aromatic N) is 5. The maximum atomic E-state index is 13.8. The molecule has 1 atom stereocenters. The molecule has 1 aliphatic rings. The van der Waals surface area contributed by atoms with E-state index in [-0.39, 0.29) is 16.7 Å². The van der Waals surface area contributed by atoms with E-state index >= 15 is 0 Å². The van der Waals surface area contributed by atoms with Gasteiger partial charge in [0.15, 0.2) is 11.6 Å². The molecule has 38 heavy (non-hydrogen) atoms. The van der Waals surface area contributed by atoms with Crippen molar-refractivity contribution in [3.63, 3.8) is 0 Å². The fourth-order valence-corrected chi connectivity index (χ4v) is 5.25. The Morgan fingerprint density at radius 3 is 2.82 bits per heavy atom. The van der Waals surface area contributed by atoms with Gasteiger partial charge in [-0.05, 0) is 65.7 Å². The molecule has 0 N–H and O–H groups in total. The molecule has 198 valence electrons. The highest BCUT2D eigenvalue weighted by Crippen LogP contribution is 2.37. The van der Waals surface area contributed by atoms with Crippen LogP contribution in [0.25, 0.3) is 22.4 Å². The van der Waals surface area contributed by atoms with E-state index in [2.05, 4.69) is 18.6 Å². The Morgan fingerprint density at radius 1 is 1.24 bits per heavy atom. The molecule has 1 unspecified atom stereocenters. The summed E-state index contributed by atoms with van der Waals surface area (Å²) in [5.41, 5.74) is 3.76. The standard InChI is InChI=1S/C28H31FN5O3S/c1-18-14-20(29)7-8-21(18)26-28-31-27(32-34(28)10-5-11-37-26)24-15-22-23(9-6-19(16-30)25(22)35-2)33(24)17-36-12-13-38(3)4/h6-9,14-15,26H,5,10-13,17H2,1-4H3/q+1. The first-order valence-corrected chi connectivity index (χ1v) is 14.7. The van der Waals surface area contributed by atoms with Crippen LogP contribution < -0.4 is 4.74 Å². The largest absolute Gasteiger partial charge is 0.495 e. The average Bonchev–Trinajstić information content (AvgIpc) is 3.42. The van der Waals surface area contributed by atoms with Gasteiger partial charge in [-0.2, -0.15) is 5.26 Å². The lowest BCUT2D eigenvalue weighted by Crippen LogP contribution is -2.12. The van der Waals surface area contributed by atoms with Crippen molar-refractivity contribution in [3.8, 4) is 23.3 Å². The topological polar surface area (TPSA) is 87.1 Å². The van der Waals surface area contributed by atoms with Gasteiger partial charge < -0.3 is 18.8 Å². The third-order valence-electron chi connectivity index (χ3n) is 6.69. The van der Waals surface area contributed by atoms with Gasteiger partial charge in [-0.1, -0.05) is 6.07 Å². The summed E-state index contributed by atoms with van der Waals surface area (Å²) in [6.45, 7) is 4.04. The summed E-state index contributed by atoms with van der Waals surface area (Å²) in [5.74, 6) is 2.41. The monoisotopic (exact) mass is 536 g/mol. The molecule has 0 amide bonds. The number of aryl methyl sites for hydroxylation is 2. The molecule has 2 aromatic carbocycles. The molecule has 0 saturated carbocycles. The summed E-state index contributed by atoms with van der Waals surface area (Å²) >= 11 is 0. The molecule has 0 fully saturated rings. The molecule has 1 aliphatic heterocycles. The van der Waals surface area contributed by atoms with Gasteiger partial charge in [-0.25, -0.2) is 14.1 Å². The summed E-state index contributed by atoms with van der Waals surface area (Å²) in [6, 6.07) is 12.5. The van der Waals surface area contributed by atoms with Crippen molar-refractivity contribution in [3.05, 3.63) is 64.7 Å². The number of nitriles is 1. The molecule has 3 heterocycles. The predicted octanol–water partition coefficient (Wildman–Crippen LogP) is 4.59. The highest BCUT2D eigenvalue weighted by atomic mass is 32.2. The van der Waals surface area contributed by atoms with Crippen molar-refractivity contribution in [2.24, 2.45) is 0 Å². The average molecular weight is 537 g/mol. The minimum absolute atomic E-state index is 0.280. The van der Waals surface area contributed by atoms with Crippen molar-refractivity contribution in [1.82, 2.24) is 19.3 Å². The molecule has 0 spiro atoms. The van der Waals surface area contributed by atoms with Gasteiger partial charge in [0, 0.05) is 18.5 Å². The highest BCUT2D eigenvalue weighted by Gasteiger charge is 2.28. The first kappa shape index (κ1) is 26.2. The van der Waals surface area contributed by atoms with Gasteiger partial charge in [0.25, 0.3) is 0 Å². The zero-order chi connectivity index (χ0) is 26.8. The number of fused-ring (bicyclic) bond motifs is 2. The molecule has 0 aliphatic carbocycles. The van der Waals surface area contributed by atoms with E-state index in [1.807, 2.05) is 28.3 Å². The number of aromatic nitrogens is 4. The Labute approximate surface area is 224 Å². The fourth-order valence-electron chi connectivity index (χ4n) is 4.80. The highest BCUT2D eigenvalue weighted by molar-refractivity contribution is 7.95. The van der Waals surface area contributed by atoms with Crippen LogP contribution in [0.4, 0.5) is 4.39 Å². The van der Waals surface area contributed by atoms with Gasteiger partial charge in [0.05, 0.1) is 43.0 Å². The Morgan fingerprint density at radius 2 is 2.08 bits per heavy atom. The third-order valence-corrected chi connectivity index (χ3v) is 7.68. The van der Waals surface area contributed by atoms with Crippen LogP contribution in [0.15, 0.2) is 36.4 Å². The molecular weight excluding hydrogens is 505 g/mol. The molecular formula is C28H31FN5O3S+. The Kier molecular flexibility index (Phi) is 7.70. The van der Waals surface area contributed by atoms with E-state index in [1.165, 1.54) is 12.1 Å². The van der Waals surface area contributed by atoms with Crippen molar-refractivity contribution in [2.75, 3.05) is 38.6 Å². The van der Waals surface area contributed by atoms with Crippen LogP contribution in [-0.4, -0.2) is 57.9 Å². The van der Waals surface area contributed by atoms with Crippen molar-refractivity contribution in [1.29, 1.82) is 5.26 Å². The van der Waals surface area contributed by atoms with Gasteiger partial charge >= 0.3 is 0 Å². The molecule has 0 radical (unpaired) electrons. The smallest absolute Gasteiger partial charge is 0.198 e. The first-order chi connectivity index (χ1) is 18.4. The maximum absolute atomic E-state index is 13.8. The van der Waals surface area contributed by atoms with Crippen LogP contribution in [-0.2, 0) is 33.6 Å². The number of hydrogen-bond acceptors (Lipinski definition) is 6. The van der Waals surface area contributed by atoms with E-state index in [9.17, 15) is 9.65 Å². The number of halogens is 1. The first-order valence-electron chi connectivity index (χ1n) is 12.5. The predicted molar refractivity (Wildman–Crippen MR) is 146 cm³/mol. The summed E-state index contributed by atoms with van der Waals surface area (Å²) in [4.78, 5) is 4.97. The van der Waals surface area contributed by atoms with Crippen LogP contribution >= 0.6 is 0 Å².